The van der Waals surface area contributed by atoms with E-state index in [0.717, 1.165) is 31.6 Å². The Morgan fingerprint density at radius 1 is 1.14 bits per heavy atom. The second kappa shape index (κ2) is 12.8. The molecule has 3 N–H and O–H groups in total. The minimum Gasteiger partial charge on any atom is -0.329 e. The van der Waals surface area contributed by atoms with E-state index in [4.69, 9.17) is 5.73 Å². The van der Waals surface area contributed by atoms with E-state index >= 15 is 0 Å². The van der Waals surface area contributed by atoms with Crippen LogP contribution in [0.2, 0.25) is 0 Å². The van der Waals surface area contributed by atoms with Crippen molar-refractivity contribution in [2.75, 3.05) is 31.5 Å². The molecule has 0 spiro atoms. The highest BCUT2D eigenvalue weighted by Crippen LogP contribution is 2.31. The van der Waals surface area contributed by atoms with Crippen LogP contribution in [0, 0.1) is 0 Å². The van der Waals surface area contributed by atoms with Crippen molar-refractivity contribution < 1.29 is 4.79 Å². The van der Waals surface area contributed by atoms with Gasteiger partial charge in [0, 0.05) is 25.7 Å². The Morgan fingerprint density at radius 3 is 2.54 bits per heavy atom. The number of aromatic nitrogens is 2. The second-order valence-corrected chi connectivity index (χ2v) is 6.95. The number of hydrogen-bond acceptors (Lipinski definition) is 4. The zero-order valence-electron chi connectivity index (χ0n) is 16.1. The summed E-state index contributed by atoms with van der Waals surface area (Å²) in [5.41, 5.74) is 7.00. The normalized spacial score (nSPS) is 13.8. The van der Waals surface area contributed by atoms with Gasteiger partial charge in [0.05, 0.1) is 18.8 Å². The molecule has 0 unspecified atom stereocenters. The summed E-state index contributed by atoms with van der Waals surface area (Å²) in [6, 6.07) is 12.6. The molecular formula is C20H31Cl2N5O. The fourth-order valence-corrected chi connectivity index (χ4v) is 3.62. The Morgan fingerprint density at radius 2 is 1.86 bits per heavy atom. The average molecular weight is 428 g/mol. The lowest BCUT2D eigenvalue weighted by atomic mass is 10.1. The fourth-order valence-electron chi connectivity index (χ4n) is 3.62. The minimum atomic E-state index is -0.00809. The molecule has 1 amide bonds. The van der Waals surface area contributed by atoms with E-state index in [1.165, 1.54) is 18.4 Å². The summed E-state index contributed by atoms with van der Waals surface area (Å²) in [7, 11) is 0. The first kappa shape index (κ1) is 24.4. The van der Waals surface area contributed by atoms with Gasteiger partial charge in [-0.15, -0.1) is 24.8 Å². The number of carbonyl (C=O) groups is 1. The van der Waals surface area contributed by atoms with Crippen molar-refractivity contribution in [3.63, 3.8) is 0 Å². The van der Waals surface area contributed by atoms with E-state index in [1.807, 2.05) is 28.9 Å². The first-order chi connectivity index (χ1) is 12.8. The molecule has 0 bridgehead atoms. The molecule has 0 aliphatic heterocycles. The Bertz CT molecular complexity index is 689. The molecule has 1 heterocycles. The lowest BCUT2D eigenvalue weighted by Gasteiger charge is -2.21. The number of rotatable bonds is 9. The third-order valence-corrected chi connectivity index (χ3v) is 4.98. The van der Waals surface area contributed by atoms with Crippen LogP contribution < -0.4 is 11.1 Å². The summed E-state index contributed by atoms with van der Waals surface area (Å²) in [6.07, 6.45) is 7.43. The van der Waals surface area contributed by atoms with E-state index in [9.17, 15) is 4.79 Å². The predicted molar refractivity (Wildman–Crippen MR) is 118 cm³/mol. The first-order valence-corrected chi connectivity index (χ1v) is 9.56. The molecule has 1 aromatic heterocycles. The van der Waals surface area contributed by atoms with Gasteiger partial charge in [-0.25, -0.2) is 4.68 Å². The summed E-state index contributed by atoms with van der Waals surface area (Å²) in [5.74, 6) is 0.795. The van der Waals surface area contributed by atoms with Gasteiger partial charge in [-0.2, -0.15) is 5.10 Å². The van der Waals surface area contributed by atoms with Crippen molar-refractivity contribution in [2.24, 2.45) is 5.73 Å². The highest BCUT2D eigenvalue weighted by atomic mass is 35.5. The third kappa shape index (κ3) is 7.09. The Labute approximate surface area is 179 Å². The van der Waals surface area contributed by atoms with E-state index in [1.54, 1.807) is 6.20 Å². The molecule has 0 radical (unpaired) electrons. The van der Waals surface area contributed by atoms with Crippen molar-refractivity contribution in [2.45, 2.75) is 38.1 Å². The van der Waals surface area contributed by atoms with E-state index in [-0.39, 0.29) is 30.7 Å². The van der Waals surface area contributed by atoms with E-state index < -0.39 is 0 Å². The Kier molecular flexibility index (Phi) is 11.2. The van der Waals surface area contributed by atoms with Crippen molar-refractivity contribution in [3.8, 4) is 0 Å². The molecule has 1 saturated carbocycles. The maximum atomic E-state index is 12.5. The monoisotopic (exact) mass is 427 g/mol. The summed E-state index contributed by atoms with van der Waals surface area (Å²) in [4.78, 5) is 14.6. The molecule has 1 aliphatic carbocycles. The topological polar surface area (TPSA) is 76.2 Å². The van der Waals surface area contributed by atoms with Gasteiger partial charge < -0.3 is 11.1 Å². The zero-order valence-corrected chi connectivity index (χ0v) is 17.8. The molecule has 8 heteroatoms. The highest BCUT2D eigenvalue weighted by Gasteiger charge is 2.21. The average Bonchev–Trinajstić information content (AvgIpc) is 3.32. The van der Waals surface area contributed by atoms with Crippen LogP contribution >= 0.6 is 24.8 Å². The molecule has 6 nitrogen and oxygen atoms in total. The minimum absolute atomic E-state index is 0. The van der Waals surface area contributed by atoms with Gasteiger partial charge in [0.15, 0.2) is 0 Å². The van der Waals surface area contributed by atoms with Crippen molar-refractivity contribution in [1.29, 1.82) is 0 Å². The molecule has 1 aromatic carbocycles. The number of hydrogen-bond donors (Lipinski definition) is 2. The third-order valence-electron chi connectivity index (χ3n) is 4.98. The SMILES string of the molecule is Cl.Cl.NCCN(CCc1ccccc1)CC(=O)Nc1ccnn1C1CCCC1. The number of anilines is 1. The molecular weight excluding hydrogens is 397 g/mol. The van der Waals surface area contributed by atoms with Crippen LogP contribution in [0.3, 0.4) is 0 Å². The predicted octanol–water partition coefficient (Wildman–Crippen LogP) is 3.28. The van der Waals surface area contributed by atoms with Gasteiger partial charge in [-0.3, -0.25) is 9.69 Å². The number of halogens is 2. The van der Waals surface area contributed by atoms with Gasteiger partial charge in [-0.1, -0.05) is 43.2 Å². The van der Waals surface area contributed by atoms with Crippen LogP contribution in [0.25, 0.3) is 0 Å². The quantitative estimate of drug-likeness (QED) is 0.643. The number of benzene rings is 1. The number of nitrogens with zero attached hydrogens (tertiary/aromatic N) is 3. The smallest absolute Gasteiger partial charge is 0.239 e. The second-order valence-electron chi connectivity index (χ2n) is 6.95. The molecule has 2 aromatic rings. The largest absolute Gasteiger partial charge is 0.329 e. The van der Waals surface area contributed by atoms with Crippen LogP contribution in [-0.4, -0.2) is 46.8 Å². The molecule has 156 valence electrons. The summed E-state index contributed by atoms with van der Waals surface area (Å²) < 4.78 is 1.97. The Balaban J connectivity index is 0.00000196. The molecule has 3 rings (SSSR count). The number of carbonyl (C=O) groups excluding carboxylic acids is 1. The number of nitrogens with one attached hydrogen (secondary N) is 1. The lowest BCUT2D eigenvalue weighted by Crippen LogP contribution is -2.38. The van der Waals surface area contributed by atoms with Crippen LogP contribution in [-0.2, 0) is 11.2 Å². The van der Waals surface area contributed by atoms with Gasteiger partial charge in [-0.05, 0) is 24.8 Å². The van der Waals surface area contributed by atoms with E-state index in [2.05, 4.69) is 27.4 Å². The highest BCUT2D eigenvalue weighted by molar-refractivity contribution is 5.91. The van der Waals surface area contributed by atoms with Crippen LogP contribution in [0.4, 0.5) is 5.82 Å². The maximum absolute atomic E-state index is 12.5. The molecule has 0 saturated heterocycles. The standard InChI is InChI=1S/C20H29N5O.2ClH/c21-12-15-24(14-11-17-6-2-1-3-7-17)16-20(26)23-19-10-13-22-25(19)18-8-4-5-9-18;;/h1-3,6-7,10,13,18H,4-5,8-9,11-12,14-16,21H2,(H,23,26);2*1H. The lowest BCUT2D eigenvalue weighted by molar-refractivity contribution is -0.117. The van der Waals surface area contributed by atoms with Crippen LogP contribution in [0.5, 0.6) is 0 Å². The zero-order chi connectivity index (χ0) is 18.2. The molecule has 28 heavy (non-hydrogen) atoms. The van der Waals surface area contributed by atoms with Crippen molar-refractivity contribution in [1.82, 2.24) is 14.7 Å². The fraction of sp³-hybridized carbons (Fsp3) is 0.500. The summed E-state index contributed by atoms with van der Waals surface area (Å²) in [5, 5.41) is 7.44. The molecule has 0 atom stereocenters. The number of nitrogens with two attached hydrogens (primary N) is 1. The summed E-state index contributed by atoms with van der Waals surface area (Å²) in [6.45, 7) is 2.42. The molecule has 1 fully saturated rings. The number of amides is 1. The summed E-state index contributed by atoms with van der Waals surface area (Å²) >= 11 is 0. The van der Waals surface area contributed by atoms with Crippen LogP contribution in [0.1, 0.15) is 37.3 Å². The van der Waals surface area contributed by atoms with Gasteiger partial charge >= 0.3 is 0 Å². The van der Waals surface area contributed by atoms with E-state index in [0.29, 0.717) is 25.7 Å². The maximum Gasteiger partial charge on any atom is 0.239 e. The van der Waals surface area contributed by atoms with Gasteiger partial charge in [0.2, 0.25) is 5.91 Å². The van der Waals surface area contributed by atoms with Crippen molar-refractivity contribution >= 4 is 36.5 Å². The first-order valence-electron chi connectivity index (χ1n) is 9.56. The van der Waals surface area contributed by atoms with Crippen LogP contribution in [0.15, 0.2) is 42.6 Å². The van der Waals surface area contributed by atoms with Crippen molar-refractivity contribution in [3.05, 3.63) is 48.2 Å². The van der Waals surface area contributed by atoms with Gasteiger partial charge in [0.25, 0.3) is 0 Å². The Hall–Kier alpha value is -1.60. The van der Waals surface area contributed by atoms with Gasteiger partial charge in [0.1, 0.15) is 5.82 Å². The molecule has 1 aliphatic rings.